The molecule has 0 spiro atoms. The summed E-state index contributed by atoms with van der Waals surface area (Å²) in [4.78, 5) is 0. The van der Waals surface area contributed by atoms with E-state index < -0.39 is 7.25 Å². The van der Waals surface area contributed by atoms with Crippen LogP contribution in [-0.4, -0.2) is 21.5 Å². The molecule has 3 aromatic rings. The zero-order valence-corrected chi connectivity index (χ0v) is 17.8. The summed E-state index contributed by atoms with van der Waals surface area (Å²) in [7, 11) is -2.61. The van der Waals surface area contributed by atoms with Crippen LogP contribution in [0.4, 0.5) is 17.3 Å². The van der Waals surface area contributed by atoms with E-state index >= 15 is 0 Å². The minimum atomic E-state index is -6.00. The van der Waals surface area contributed by atoms with Gasteiger partial charge < -0.3 is 26.7 Å². The molecule has 1 heterocycles. The quantitative estimate of drug-likeness (QED) is 0.285. The van der Waals surface area contributed by atoms with Crippen molar-refractivity contribution in [3.05, 3.63) is 59.4 Å². The lowest BCUT2D eigenvalue weighted by atomic mass is 10.1. The molecule has 0 atom stereocenters. The molecule has 0 N–H and O–H groups in total. The summed E-state index contributed by atoms with van der Waals surface area (Å²) in [6.45, 7) is 6.49. The zero-order chi connectivity index (χ0) is 22.5. The third-order valence-electron chi connectivity index (χ3n) is 4.71. The molecule has 0 bridgehead atoms. The van der Waals surface area contributed by atoms with Crippen LogP contribution in [0.2, 0.25) is 0 Å². The van der Waals surface area contributed by atoms with Gasteiger partial charge in [0.25, 0.3) is 0 Å². The van der Waals surface area contributed by atoms with Gasteiger partial charge in [0, 0.05) is 43.5 Å². The number of fused-ring (bicyclic) bond motifs is 1. The highest BCUT2D eigenvalue weighted by Crippen LogP contribution is 2.33. The molecule has 0 saturated heterocycles. The van der Waals surface area contributed by atoms with E-state index in [1.54, 1.807) is 14.2 Å². The van der Waals surface area contributed by atoms with E-state index in [2.05, 4.69) is 61.7 Å². The standard InChI is InChI=1S/C22H26NO2.BF4/c1-6-7-17-8-10-19(11-9-17)23-15(2)12-18-13-20(24-4)14-21(25-5)22(18)16(23)3;2-1(3,4)5/h8-14H,6-7H2,1-5H3;/q+1;-1. The van der Waals surface area contributed by atoms with Crippen molar-refractivity contribution < 1.29 is 31.3 Å². The summed E-state index contributed by atoms with van der Waals surface area (Å²) in [5.41, 5.74) is 4.90. The highest BCUT2D eigenvalue weighted by molar-refractivity contribution is 6.50. The summed E-state index contributed by atoms with van der Waals surface area (Å²) < 4.78 is 52.3. The fourth-order valence-corrected chi connectivity index (χ4v) is 3.55. The van der Waals surface area contributed by atoms with Crippen LogP contribution in [0, 0.1) is 13.8 Å². The molecule has 0 aliphatic carbocycles. The van der Waals surface area contributed by atoms with Crippen molar-refractivity contribution in [3.8, 4) is 17.2 Å². The van der Waals surface area contributed by atoms with Gasteiger partial charge in [-0.1, -0.05) is 25.5 Å². The maximum atomic E-state index is 9.75. The van der Waals surface area contributed by atoms with Crippen molar-refractivity contribution in [2.45, 2.75) is 33.6 Å². The average molecular weight is 423 g/mol. The highest BCUT2D eigenvalue weighted by Gasteiger charge is 2.22. The van der Waals surface area contributed by atoms with E-state index in [4.69, 9.17) is 9.47 Å². The molecular weight excluding hydrogens is 397 g/mol. The van der Waals surface area contributed by atoms with Gasteiger partial charge in [-0.05, 0) is 18.1 Å². The minimum Gasteiger partial charge on any atom is -0.497 e. The molecule has 3 rings (SSSR count). The third kappa shape index (κ3) is 5.87. The fourth-order valence-electron chi connectivity index (χ4n) is 3.55. The summed E-state index contributed by atoms with van der Waals surface area (Å²) in [5.74, 6) is 1.65. The summed E-state index contributed by atoms with van der Waals surface area (Å²) in [6.07, 6.45) is 2.29. The van der Waals surface area contributed by atoms with E-state index in [0.29, 0.717) is 0 Å². The molecule has 1 aromatic heterocycles. The van der Waals surface area contributed by atoms with Gasteiger partial charge in [-0.25, -0.2) is 0 Å². The maximum absolute atomic E-state index is 9.75. The molecule has 162 valence electrons. The Bertz CT molecular complexity index is 999. The molecule has 0 aliphatic heterocycles. The number of rotatable bonds is 5. The number of nitrogens with zero attached hydrogens (tertiary/aromatic N) is 1. The van der Waals surface area contributed by atoms with E-state index in [-0.39, 0.29) is 0 Å². The molecule has 8 heteroatoms. The number of methoxy groups -OCH3 is 2. The molecule has 0 aliphatic rings. The second kappa shape index (κ2) is 9.83. The molecule has 0 fully saturated rings. The van der Waals surface area contributed by atoms with Crippen molar-refractivity contribution in [2.75, 3.05) is 14.2 Å². The first-order valence-corrected chi connectivity index (χ1v) is 9.63. The van der Waals surface area contributed by atoms with Crippen molar-refractivity contribution in [2.24, 2.45) is 0 Å². The Kier molecular flexibility index (Phi) is 7.70. The van der Waals surface area contributed by atoms with Gasteiger partial charge >= 0.3 is 7.25 Å². The zero-order valence-electron chi connectivity index (χ0n) is 17.8. The van der Waals surface area contributed by atoms with Gasteiger partial charge in [-0.3, -0.25) is 0 Å². The van der Waals surface area contributed by atoms with Gasteiger partial charge in [-0.2, -0.15) is 4.57 Å². The Morgan fingerprint density at radius 1 is 0.900 bits per heavy atom. The highest BCUT2D eigenvalue weighted by atomic mass is 19.5. The molecular formula is C22H26BF4NO2. The van der Waals surface area contributed by atoms with Crippen LogP contribution < -0.4 is 14.0 Å². The lowest BCUT2D eigenvalue weighted by molar-refractivity contribution is -0.607. The lowest BCUT2D eigenvalue weighted by Crippen LogP contribution is -2.37. The number of aryl methyl sites for hydroxylation is 3. The predicted octanol–water partition coefficient (Wildman–Crippen LogP) is 6.00. The Morgan fingerprint density at radius 3 is 2.00 bits per heavy atom. The largest absolute Gasteiger partial charge is 0.673 e. The number of halogens is 4. The fraction of sp³-hybridized carbons (Fsp3) is 0.318. The van der Waals surface area contributed by atoms with Gasteiger partial charge in [-0.15, -0.1) is 0 Å². The normalized spacial score (nSPS) is 11.1. The second-order valence-corrected chi connectivity index (χ2v) is 6.91. The molecule has 3 nitrogen and oxygen atoms in total. The summed E-state index contributed by atoms with van der Waals surface area (Å²) in [5, 5.41) is 2.25. The van der Waals surface area contributed by atoms with Crippen molar-refractivity contribution >= 4 is 18.0 Å². The third-order valence-corrected chi connectivity index (χ3v) is 4.71. The Balaban J connectivity index is 0.000000575. The second-order valence-electron chi connectivity index (χ2n) is 6.91. The first-order chi connectivity index (χ1) is 14.1. The van der Waals surface area contributed by atoms with Crippen LogP contribution in [0.3, 0.4) is 0 Å². The monoisotopic (exact) mass is 423 g/mol. The van der Waals surface area contributed by atoms with Crippen LogP contribution >= 0.6 is 0 Å². The lowest BCUT2D eigenvalue weighted by Gasteiger charge is -2.12. The van der Waals surface area contributed by atoms with Gasteiger partial charge in [0.1, 0.15) is 11.5 Å². The van der Waals surface area contributed by atoms with Crippen molar-refractivity contribution in [3.63, 3.8) is 0 Å². The number of aromatic nitrogens is 1. The number of hydrogen-bond acceptors (Lipinski definition) is 2. The molecule has 0 saturated carbocycles. The van der Waals surface area contributed by atoms with E-state index in [0.717, 1.165) is 34.4 Å². The van der Waals surface area contributed by atoms with Crippen LogP contribution in [0.1, 0.15) is 30.3 Å². The van der Waals surface area contributed by atoms with E-state index in [1.165, 1.54) is 23.4 Å². The van der Waals surface area contributed by atoms with E-state index in [9.17, 15) is 17.3 Å². The maximum Gasteiger partial charge on any atom is 0.673 e. The minimum absolute atomic E-state index is 0.810. The van der Waals surface area contributed by atoms with Gasteiger partial charge in [0.2, 0.25) is 5.69 Å². The number of pyridine rings is 1. The SMILES string of the molecule is CCCc1ccc(-[n+]2c(C)cc3cc(OC)cc(OC)c3c2C)cc1.F[B-](F)(F)F. The Morgan fingerprint density at radius 2 is 1.50 bits per heavy atom. The number of benzene rings is 2. The van der Waals surface area contributed by atoms with Crippen LogP contribution in [0.25, 0.3) is 16.5 Å². The first-order valence-electron chi connectivity index (χ1n) is 9.63. The first kappa shape index (κ1) is 23.5. The van der Waals surface area contributed by atoms with Crippen molar-refractivity contribution in [1.82, 2.24) is 0 Å². The molecule has 0 unspecified atom stereocenters. The Labute approximate surface area is 174 Å². The molecule has 0 amide bonds. The average Bonchev–Trinajstić information content (AvgIpc) is 2.67. The number of ether oxygens (including phenoxy) is 2. The van der Waals surface area contributed by atoms with Gasteiger partial charge in [0.15, 0.2) is 11.4 Å². The van der Waals surface area contributed by atoms with Crippen LogP contribution in [-0.2, 0) is 6.42 Å². The van der Waals surface area contributed by atoms with Crippen molar-refractivity contribution in [1.29, 1.82) is 0 Å². The molecule has 2 aromatic carbocycles. The molecule has 0 radical (unpaired) electrons. The summed E-state index contributed by atoms with van der Waals surface area (Å²) >= 11 is 0. The Hall–Kier alpha value is -2.77. The van der Waals surface area contributed by atoms with Crippen LogP contribution in [0.15, 0.2) is 42.5 Å². The van der Waals surface area contributed by atoms with Gasteiger partial charge in [0.05, 0.1) is 19.6 Å². The summed E-state index contributed by atoms with van der Waals surface area (Å²) in [6, 6.07) is 15.0. The van der Waals surface area contributed by atoms with Crippen LogP contribution in [0.5, 0.6) is 11.5 Å². The number of hydrogen-bond donors (Lipinski definition) is 0. The molecule has 30 heavy (non-hydrogen) atoms. The smallest absolute Gasteiger partial charge is 0.497 e. The topological polar surface area (TPSA) is 22.3 Å². The van der Waals surface area contributed by atoms with E-state index in [1.807, 2.05) is 6.07 Å². The predicted molar refractivity (Wildman–Crippen MR) is 112 cm³/mol.